The first-order valence-corrected chi connectivity index (χ1v) is 7.69. The molecule has 0 saturated heterocycles. The van der Waals surface area contributed by atoms with Gasteiger partial charge in [-0.15, -0.1) is 0 Å². The van der Waals surface area contributed by atoms with E-state index in [1.165, 1.54) is 0 Å². The first-order valence-electron chi connectivity index (χ1n) is 7.69. The molecule has 7 heteroatoms. The quantitative estimate of drug-likeness (QED) is 0.844. The molecule has 0 saturated carbocycles. The van der Waals surface area contributed by atoms with Gasteiger partial charge in [0.05, 0.1) is 25.3 Å². The number of nitrogens with two attached hydrogens (primary N) is 1. The molecule has 3 N–H and O–H groups in total. The zero-order chi connectivity index (χ0) is 17.1. The van der Waals surface area contributed by atoms with Gasteiger partial charge in [0.2, 0.25) is 5.88 Å². The van der Waals surface area contributed by atoms with Gasteiger partial charge in [0.15, 0.2) is 17.4 Å². The van der Waals surface area contributed by atoms with Crippen molar-refractivity contribution < 1.29 is 18.9 Å². The SMILES string of the molecule is CCOc1ccc([C@H]2C=C(N)Oc3nc(COC)[nH]c32)cc1OC. The van der Waals surface area contributed by atoms with E-state index in [1.54, 1.807) is 14.2 Å². The summed E-state index contributed by atoms with van der Waals surface area (Å²) in [7, 11) is 3.23. The molecule has 128 valence electrons. The predicted octanol–water partition coefficient (Wildman–Crippen LogP) is 2.29. The summed E-state index contributed by atoms with van der Waals surface area (Å²) in [5, 5.41) is 0. The van der Waals surface area contributed by atoms with Crippen LogP contribution in [0.5, 0.6) is 17.4 Å². The summed E-state index contributed by atoms with van der Waals surface area (Å²) in [5.41, 5.74) is 7.74. The van der Waals surface area contributed by atoms with Gasteiger partial charge in [0.1, 0.15) is 12.4 Å². The summed E-state index contributed by atoms with van der Waals surface area (Å²) < 4.78 is 21.6. The number of hydrogen-bond acceptors (Lipinski definition) is 6. The third-order valence-electron chi connectivity index (χ3n) is 3.73. The lowest BCUT2D eigenvalue weighted by Gasteiger charge is -2.20. The molecule has 0 unspecified atom stereocenters. The van der Waals surface area contributed by atoms with E-state index < -0.39 is 0 Å². The fraction of sp³-hybridized carbons (Fsp3) is 0.353. The number of ether oxygens (including phenoxy) is 4. The van der Waals surface area contributed by atoms with E-state index in [4.69, 9.17) is 24.7 Å². The number of aromatic amines is 1. The van der Waals surface area contributed by atoms with Crippen molar-refractivity contribution in [3.05, 3.63) is 47.2 Å². The van der Waals surface area contributed by atoms with Gasteiger partial charge in [-0.2, -0.15) is 4.98 Å². The first-order chi connectivity index (χ1) is 11.7. The molecule has 0 spiro atoms. The van der Waals surface area contributed by atoms with Crippen molar-refractivity contribution in [1.82, 2.24) is 9.97 Å². The van der Waals surface area contributed by atoms with Crippen LogP contribution in [0.4, 0.5) is 0 Å². The molecule has 3 rings (SSSR count). The lowest BCUT2D eigenvalue weighted by Crippen LogP contribution is -2.16. The van der Waals surface area contributed by atoms with Gasteiger partial charge in [-0.05, 0) is 30.7 Å². The number of benzene rings is 1. The Morgan fingerprint density at radius 1 is 1.29 bits per heavy atom. The Morgan fingerprint density at radius 3 is 2.83 bits per heavy atom. The normalized spacial score (nSPS) is 16.1. The Labute approximate surface area is 140 Å². The molecule has 24 heavy (non-hydrogen) atoms. The lowest BCUT2D eigenvalue weighted by atomic mass is 9.94. The highest BCUT2D eigenvalue weighted by atomic mass is 16.5. The monoisotopic (exact) mass is 331 g/mol. The Morgan fingerprint density at radius 2 is 2.12 bits per heavy atom. The molecule has 0 radical (unpaired) electrons. The molecule has 1 aliphatic heterocycles. The molecule has 0 fully saturated rings. The number of allylic oxidation sites excluding steroid dienone is 1. The Balaban J connectivity index is 2.00. The molecule has 1 aromatic carbocycles. The molecule has 1 aromatic heterocycles. The van der Waals surface area contributed by atoms with Crippen LogP contribution >= 0.6 is 0 Å². The maximum atomic E-state index is 5.91. The van der Waals surface area contributed by atoms with Crippen molar-refractivity contribution in [2.45, 2.75) is 19.4 Å². The molecule has 0 bridgehead atoms. The van der Waals surface area contributed by atoms with Crippen molar-refractivity contribution in [1.29, 1.82) is 0 Å². The van der Waals surface area contributed by atoms with E-state index in [0.29, 0.717) is 42.3 Å². The van der Waals surface area contributed by atoms with E-state index in [-0.39, 0.29) is 5.92 Å². The molecule has 1 atom stereocenters. The van der Waals surface area contributed by atoms with Crippen molar-refractivity contribution in [3.8, 4) is 17.4 Å². The number of imidazole rings is 1. The summed E-state index contributed by atoms with van der Waals surface area (Å²) >= 11 is 0. The zero-order valence-corrected chi connectivity index (χ0v) is 14.0. The van der Waals surface area contributed by atoms with Crippen LogP contribution in [-0.4, -0.2) is 30.8 Å². The largest absolute Gasteiger partial charge is 0.493 e. The molecule has 2 heterocycles. The number of hydrogen-bond donors (Lipinski definition) is 2. The molecule has 0 aliphatic carbocycles. The highest BCUT2D eigenvalue weighted by Gasteiger charge is 2.27. The van der Waals surface area contributed by atoms with E-state index in [9.17, 15) is 0 Å². The fourth-order valence-corrected chi connectivity index (χ4v) is 2.72. The standard InChI is InChI=1S/C17H21N3O4/c1-4-23-12-6-5-10(7-13(12)22-3)11-8-14(18)24-17-16(11)19-15(20-17)9-21-2/h5-8,11H,4,9,18H2,1-3H3,(H,19,20)/t11-/m1/s1. The average Bonchev–Trinajstić information content (AvgIpc) is 2.97. The lowest BCUT2D eigenvalue weighted by molar-refractivity contribution is 0.178. The summed E-state index contributed by atoms with van der Waals surface area (Å²) in [6.45, 7) is 2.88. The van der Waals surface area contributed by atoms with E-state index in [1.807, 2.05) is 31.2 Å². The van der Waals surface area contributed by atoms with Gasteiger partial charge in [-0.25, -0.2) is 0 Å². The maximum absolute atomic E-state index is 5.91. The fourth-order valence-electron chi connectivity index (χ4n) is 2.72. The number of H-pyrrole nitrogens is 1. The molecule has 0 amide bonds. The zero-order valence-electron chi connectivity index (χ0n) is 14.0. The predicted molar refractivity (Wildman–Crippen MR) is 88.2 cm³/mol. The Bertz CT molecular complexity index is 754. The van der Waals surface area contributed by atoms with Gasteiger partial charge < -0.3 is 29.7 Å². The molecule has 1 aliphatic rings. The van der Waals surface area contributed by atoms with Crippen LogP contribution in [-0.2, 0) is 11.3 Å². The van der Waals surface area contributed by atoms with Crippen LogP contribution < -0.4 is 19.9 Å². The van der Waals surface area contributed by atoms with E-state index in [0.717, 1.165) is 11.3 Å². The number of methoxy groups -OCH3 is 2. The Kier molecular flexibility index (Phi) is 4.61. The van der Waals surface area contributed by atoms with Crippen molar-refractivity contribution >= 4 is 0 Å². The van der Waals surface area contributed by atoms with E-state index >= 15 is 0 Å². The summed E-state index contributed by atoms with van der Waals surface area (Å²) in [5.74, 6) is 2.74. The highest BCUT2D eigenvalue weighted by Crippen LogP contribution is 2.39. The summed E-state index contributed by atoms with van der Waals surface area (Å²) in [6, 6.07) is 5.81. The second kappa shape index (κ2) is 6.84. The topological polar surface area (TPSA) is 91.6 Å². The molecule has 7 nitrogen and oxygen atoms in total. The third kappa shape index (κ3) is 3.03. The first kappa shape index (κ1) is 16.2. The van der Waals surface area contributed by atoms with Crippen LogP contribution in [0.25, 0.3) is 0 Å². The Hall–Kier alpha value is -2.67. The van der Waals surface area contributed by atoms with Crippen molar-refractivity contribution in [2.75, 3.05) is 20.8 Å². The third-order valence-corrected chi connectivity index (χ3v) is 3.73. The molecule has 2 aromatic rings. The highest BCUT2D eigenvalue weighted by molar-refractivity contribution is 5.49. The van der Waals surface area contributed by atoms with Gasteiger partial charge in [0, 0.05) is 7.11 Å². The average molecular weight is 331 g/mol. The minimum atomic E-state index is -0.114. The van der Waals surface area contributed by atoms with E-state index in [2.05, 4.69) is 9.97 Å². The van der Waals surface area contributed by atoms with Crippen LogP contribution in [0, 0.1) is 0 Å². The second-order valence-electron chi connectivity index (χ2n) is 5.33. The number of fused-ring (bicyclic) bond motifs is 1. The van der Waals surface area contributed by atoms with Gasteiger partial charge in [-0.3, -0.25) is 0 Å². The molecular weight excluding hydrogens is 310 g/mol. The van der Waals surface area contributed by atoms with Gasteiger partial charge >= 0.3 is 0 Å². The second-order valence-corrected chi connectivity index (χ2v) is 5.33. The number of rotatable bonds is 6. The molecular formula is C17H21N3O4. The number of aromatic nitrogens is 2. The van der Waals surface area contributed by atoms with Crippen LogP contribution in [0.2, 0.25) is 0 Å². The number of nitrogens with one attached hydrogen (secondary N) is 1. The number of nitrogens with zero attached hydrogens (tertiary/aromatic N) is 1. The van der Waals surface area contributed by atoms with Gasteiger partial charge in [0.25, 0.3) is 0 Å². The van der Waals surface area contributed by atoms with Crippen molar-refractivity contribution in [2.24, 2.45) is 5.73 Å². The maximum Gasteiger partial charge on any atom is 0.243 e. The van der Waals surface area contributed by atoms with Crippen molar-refractivity contribution in [3.63, 3.8) is 0 Å². The van der Waals surface area contributed by atoms with Crippen LogP contribution in [0.1, 0.15) is 29.9 Å². The smallest absolute Gasteiger partial charge is 0.243 e. The van der Waals surface area contributed by atoms with Gasteiger partial charge in [-0.1, -0.05) is 6.07 Å². The minimum absolute atomic E-state index is 0.114. The minimum Gasteiger partial charge on any atom is -0.493 e. The summed E-state index contributed by atoms with van der Waals surface area (Å²) in [6.07, 6.45) is 1.84. The van der Waals surface area contributed by atoms with Crippen LogP contribution in [0.15, 0.2) is 30.2 Å². The summed E-state index contributed by atoms with van der Waals surface area (Å²) in [4.78, 5) is 7.62. The van der Waals surface area contributed by atoms with Crippen LogP contribution in [0.3, 0.4) is 0 Å².